The molecule has 1 saturated heterocycles. The minimum absolute atomic E-state index is 0.0249. The molecule has 0 aromatic heterocycles. The van der Waals surface area contributed by atoms with E-state index in [0.29, 0.717) is 18.9 Å². The molecule has 0 spiro atoms. The third-order valence-electron chi connectivity index (χ3n) is 8.66. The predicted molar refractivity (Wildman–Crippen MR) is 244 cm³/mol. The standard InChI is InChI=1S/C13H28N2O2.C11H19NO4.C8H12.C7H15NO.C3H8.C2H6.CH3NO/c1-7-10(3)13(11(8-2)17-6)15(5)12(16)9-14-4;1-8(6-10(14)15)11(16-2)9-4-3-5-12(9)7-13;1-4-6-8(3)7-5-2;1-8(2)6-4-3-5-7-9;1-3-2;1-2;2-1-3/h10-11,13-14H,7-9H2,1-6H3;7-9,11H,3-6H2,1-2H3,(H,14,15);4-7H,1H2,2-3H3;7H,3-6H2,1-2H3;3H2,1-2H3;1-2H3;1H,(H2,2,3)/b;;7-5-,8-6-;;;;. The Morgan fingerprint density at radius 2 is 1.55 bits per heavy atom. The van der Waals surface area contributed by atoms with Gasteiger partial charge in [-0.3, -0.25) is 19.2 Å². The van der Waals surface area contributed by atoms with Crippen molar-refractivity contribution in [2.45, 2.75) is 151 Å². The molecule has 4 N–H and O–H groups in total. The molecule has 344 valence electrons. The molecule has 6 unspecified atom stereocenters. The molecule has 0 radical (unpaired) electrons. The maximum atomic E-state index is 11.9. The maximum absolute atomic E-state index is 11.9. The molecule has 6 atom stereocenters. The molecule has 0 aromatic rings. The van der Waals surface area contributed by atoms with Gasteiger partial charge in [-0.25, -0.2) is 0 Å². The van der Waals surface area contributed by atoms with Gasteiger partial charge >= 0.3 is 5.97 Å². The second-order valence-electron chi connectivity index (χ2n) is 13.9. The number of aldehydes is 1. The fourth-order valence-electron chi connectivity index (χ4n) is 5.85. The molecule has 0 aliphatic carbocycles. The number of unbranched alkanes of at least 4 members (excludes halogenated alkanes) is 2. The SMILES string of the molecule is C=C/C=C(C)\C=C/C.CC.CCC.CCC(C)C(C(CC)OC)N(C)C(=O)CNC.CN(C)CCCCC=O.COC(C(C)CC(=O)O)C1CCCN1C=O.NC=O. The molecule has 1 heterocycles. The number of primary amides is 1. The molecule has 0 saturated carbocycles. The first-order chi connectivity index (χ1) is 27.5. The lowest BCUT2D eigenvalue weighted by Gasteiger charge is -2.37. The predicted octanol–water partition coefficient (Wildman–Crippen LogP) is 7.39. The number of nitrogens with one attached hydrogen (secondary N) is 1. The summed E-state index contributed by atoms with van der Waals surface area (Å²) in [4.78, 5) is 57.5. The number of ether oxygens (including phenoxy) is 2. The van der Waals surface area contributed by atoms with Gasteiger partial charge in [-0.1, -0.05) is 105 Å². The highest BCUT2D eigenvalue weighted by atomic mass is 16.5. The van der Waals surface area contributed by atoms with Gasteiger partial charge in [0.05, 0.1) is 37.3 Å². The van der Waals surface area contributed by atoms with Crippen molar-refractivity contribution in [3.63, 3.8) is 0 Å². The molecule has 3 amide bonds. The first-order valence-electron chi connectivity index (χ1n) is 21.1. The number of hydrogen-bond acceptors (Lipinski definition) is 9. The van der Waals surface area contributed by atoms with Crippen LogP contribution in [0.15, 0.2) is 36.5 Å². The lowest BCUT2D eigenvalue weighted by atomic mass is 9.91. The van der Waals surface area contributed by atoms with Crippen molar-refractivity contribution in [2.75, 3.05) is 62.0 Å². The largest absolute Gasteiger partial charge is 0.481 e. The first-order valence-corrected chi connectivity index (χ1v) is 21.1. The second-order valence-corrected chi connectivity index (χ2v) is 13.9. The zero-order valence-corrected chi connectivity index (χ0v) is 39.9. The summed E-state index contributed by atoms with van der Waals surface area (Å²) in [5.74, 6) is -0.364. The minimum atomic E-state index is -0.829. The number of aliphatic carboxylic acids is 1. The Bertz CT molecular complexity index is 1020. The lowest BCUT2D eigenvalue weighted by Crippen LogP contribution is -2.50. The van der Waals surface area contributed by atoms with E-state index in [0.717, 1.165) is 64.3 Å². The number of nitrogens with zero attached hydrogens (tertiary/aromatic N) is 3. The van der Waals surface area contributed by atoms with Crippen LogP contribution < -0.4 is 11.1 Å². The first kappa shape index (κ1) is 66.4. The summed E-state index contributed by atoms with van der Waals surface area (Å²) in [5, 5.41) is 11.7. The number of methoxy groups -OCH3 is 2. The highest BCUT2D eigenvalue weighted by Gasteiger charge is 2.35. The van der Waals surface area contributed by atoms with Gasteiger partial charge in [0.2, 0.25) is 18.7 Å². The molecule has 1 rings (SSSR count). The number of rotatable bonds is 21. The summed E-state index contributed by atoms with van der Waals surface area (Å²) in [6.45, 7) is 26.4. The summed E-state index contributed by atoms with van der Waals surface area (Å²) in [6.07, 6.45) is 17.8. The molecule has 13 heteroatoms. The number of amides is 3. The number of carbonyl (C=O) groups excluding carboxylic acids is 4. The van der Waals surface area contributed by atoms with E-state index in [4.69, 9.17) is 19.4 Å². The molecule has 0 bridgehead atoms. The van der Waals surface area contributed by atoms with Gasteiger partial charge in [0.1, 0.15) is 6.29 Å². The second kappa shape index (κ2) is 49.8. The quantitative estimate of drug-likeness (QED) is 0.0602. The summed E-state index contributed by atoms with van der Waals surface area (Å²) < 4.78 is 10.9. The number of carboxylic acids is 1. The number of carboxylic acid groups (broad SMARTS) is 1. The third-order valence-corrected chi connectivity index (χ3v) is 8.66. The van der Waals surface area contributed by atoms with Gasteiger partial charge in [0.15, 0.2) is 0 Å². The van der Waals surface area contributed by atoms with E-state index in [1.807, 2.05) is 78.9 Å². The number of nitrogens with two attached hydrogens (primary N) is 1. The molecule has 1 aliphatic heterocycles. The van der Waals surface area contributed by atoms with Crippen LogP contribution in [0, 0.1) is 11.8 Å². The molecule has 0 aromatic carbocycles. The fourth-order valence-corrected chi connectivity index (χ4v) is 5.85. The van der Waals surface area contributed by atoms with Crippen LogP contribution in [0.3, 0.4) is 0 Å². The van der Waals surface area contributed by atoms with Crippen molar-refractivity contribution < 1.29 is 38.6 Å². The van der Waals surface area contributed by atoms with E-state index < -0.39 is 5.97 Å². The van der Waals surface area contributed by atoms with Gasteiger partial charge in [0.25, 0.3) is 0 Å². The Labute approximate surface area is 356 Å². The van der Waals surface area contributed by atoms with Crippen molar-refractivity contribution in [2.24, 2.45) is 17.6 Å². The minimum Gasteiger partial charge on any atom is -0.481 e. The van der Waals surface area contributed by atoms with Crippen molar-refractivity contribution >= 4 is 31.0 Å². The monoisotopic (exact) mass is 830 g/mol. The van der Waals surface area contributed by atoms with E-state index in [1.165, 1.54) is 12.0 Å². The van der Waals surface area contributed by atoms with E-state index in [1.54, 1.807) is 32.2 Å². The van der Waals surface area contributed by atoms with Crippen LogP contribution in [-0.2, 0) is 33.4 Å². The molecule has 1 fully saturated rings. The zero-order valence-electron chi connectivity index (χ0n) is 39.9. The Morgan fingerprint density at radius 1 is 1.00 bits per heavy atom. The highest BCUT2D eigenvalue weighted by Crippen LogP contribution is 2.26. The summed E-state index contributed by atoms with van der Waals surface area (Å²) in [7, 11) is 11.0. The number of likely N-dealkylation sites (tertiary alicyclic amines) is 1. The van der Waals surface area contributed by atoms with E-state index >= 15 is 0 Å². The maximum Gasteiger partial charge on any atom is 0.303 e. The molecule has 1 aliphatic rings. The van der Waals surface area contributed by atoms with Gasteiger partial charge < -0.3 is 45.1 Å². The van der Waals surface area contributed by atoms with Gasteiger partial charge in [-0.05, 0) is 85.5 Å². The number of likely N-dealkylation sites (N-methyl/N-ethyl adjacent to an activating group) is 2. The van der Waals surface area contributed by atoms with Crippen molar-refractivity contribution in [1.82, 2.24) is 20.0 Å². The smallest absolute Gasteiger partial charge is 0.303 e. The van der Waals surface area contributed by atoms with Crippen LogP contribution >= 0.6 is 0 Å². The van der Waals surface area contributed by atoms with Gasteiger partial charge in [0, 0.05) is 34.2 Å². The van der Waals surface area contributed by atoms with Crippen LogP contribution in [0.4, 0.5) is 0 Å². The summed E-state index contributed by atoms with van der Waals surface area (Å²) >= 11 is 0. The van der Waals surface area contributed by atoms with E-state index in [-0.39, 0.29) is 48.9 Å². The van der Waals surface area contributed by atoms with Crippen LogP contribution in [0.2, 0.25) is 0 Å². The normalized spacial score (nSPS) is 15.4. The van der Waals surface area contributed by atoms with Crippen LogP contribution in [0.5, 0.6) is 0 Å². The Morgan fingerprint density at radius 3 is 1.91 bits per heavy atom. The Balaban J connectivity index is -0.000000151. The average Bonchev–Trinajstić information content (AvgIpc) is 3.66. The van der Waals surface area contributed by atoms with Crippen LogP contribution in [-0.4, -0.2) is 137 Å². The Hall–Kier alpha value is -3.39. The number of allylic oxidation sites excluding steroid dienone is 5. The van der Waals surface area contributed by atoms with Gasteiger partial charge in [-0.15, -0.1) is 0 Å². The number of hydrogen-bond donors (Lipinski definition) is 3. The van der Waals surface area contributed by atoms with E-state index in [9.17, 15) is 19.2 Å². The van der Waals surface area contributed by atoms with Gasteiger partial charge in [-0.2, -0.15) is 0 Å². The van der Waals surface area contributed by atoms with E-state index in [2.05, 4.69) is 57.1 Å². The Kier molecular flexibility index (Phi) is 57.0. The van der Waals surface area contributed by atoms with Crippen LogP contribution in [0.25, 0.3) is 0 Å². The van der Waals surface area contributed by atoms with Crippen molar-refractivity contribution in [3.8, 4) is 0 Å². The molecule has 13 nitrogen and oxygen atoms in total. The number of carbonyl (C=O) groups is 5. The highest BCUT2D eigenvalue weighted by molar-refractivity contribution is 5.78. The molecular formula is C45H91N5O8. The zero-order chi connectivity index (χ0) is 46.5. The average molecular weight is 830 g/mol. The lowest BCUT2D eigenvalue weighted by molar-refractivity contribution is -0.140. The molecular weight excluding hydrogens is 739 g/mol. The van der Waals surface area contributed by atoms with Crippen molar-refractivity contribution in [1.29, 1.82) is 0 Å². The summed E-state index contributed by atoms with van der Waals surface area (Å²) in [6, 6.07) is 0.174. The third kappa shape index (κ3) is 39.4. The van der Waals surface area contributed by atoms with Crippen LogP contribution in [0.1, 0.15) is 127 Å². The summed E-state index contributed by atoms with van der Waals surface area (Å²) in [5.41, 5.74) is 5.41. The topological polar surface area (TPSA) is 172 Å². The molecule has 58 heavy (non-hydrogen) atoms. The van der Waals surface area contributed by atoms with Crippen molar-refractivity contribution in [3.05, 3.63) is 36.5 Å². The fraction of sp³-hybridized carbons (Fsp3) is 0.756.